The van der Waals surface area contributed by atoms with Crippen LogP contribution in [0.15, 0.2) is 18.2 Å². The highest BCUT2D eigenvalue weighted by atomic mass is 35.5. The Morgan fingerprint density at radius 2 is 1.82 bits per heavy atom. The largest absolute Gasteiger partial charge is 0.355 e. The zero-order valence-electron chi connectivity index (χ0n) is 13.3. The Morgan fingerprint density at radius 3 is 2.36 bits per heavy atom. The normalized spacial score (nSPS) is 11.4. The SMILES string of the molecule is CC(C)CCNC(=O)C(C)(C)C(=O)Nc1ccc(Cl)cc1Cl. The third-order valence-corrected chi connectivity index (χ3v) is 3.87. The summed E-state index contributed by atoms with van der Waals surface area (Å²) in [5.74, 6) is -0.236. The van der Waals surface area contributed by atoms with E-state index in [4.69, 9.17) is 23.2 Å². The van der Waals surface area contributed by atoms with Gasteiger partial charge < -0.3 is 10.6 Å². The summed E-state index contributed by atoms with van der Waals surface area (Å²) in [6.45, 7) is 7.86. The minimum Gasteiger partial charge on any atom is -0.355 e. The molecule has 2 amide bonds. The quantitative estimate of drug-likeness (QED) is 0.762. The maximum Gasteiger partial charge on any atom is 0.239 e. The summed E-state index contributed by atoms with van der Waals surface area (Å²) in [7, 11) is 0. The van der Waals surface area contributed by atoms with Crippen LogP contribution in [0.2, 0.25) is 10.0 Å². The van der Waals surface area contributed by atoms with Crippen LogP contribution in [0, 0.1) is 11.3 Å². The highest BCUT2D eigenvalue weighted by Crippen LogP contribution is 2.27. The minimum absolute atomic E-state index is 0.310. The van der Waals surface area contributed by atoms with Crippen molar-refractivity contribution in [3.8, 4) is 0 Å². The molecule has 0 bridgehead atoms. The molecule has 22 heavy (non-hydrogen) atoms. The Balaban J connectivity index is 2.71. The summed E-state index contributed by atoms with van der Waals surface area (Å²) in [5, 5.41) is 6.27. The Labute approximate surface area is 141 Å². The van der Waals surface area contributed by atoms with Crippen LogP contribution in [0.4, 0.5) is 5.69 Å². The van der Waals surface area contributed by atoms with Crippen molar-refractivity contribution < 1.29 is 9.59 Å². The number of hydrogen-bond acceptors (Lipinski definition) is 2. The molecule has 0 saturated carbocycles. The first kappa shape index (κ1) is 18.8. The predicted molar refractivity (Wildman–Crippen MR) is 91.3 cm³/mol. The van der Waals surface area contributed by atoms with E-state index in [0.717, 1.165) is 6.42 Å². The molecule has 1 aromatic rings. The number of hydrogen-bond donors (Lipinski definition) is 2. The average Bonchev–Trinajstić information content (AvgIpc) is 2.41. The van der Waals surface area contributed by atoms with Crippen LogP contribution in [0.1, 0.15) is 34.1 Å². The smallest absolute Gasteiger partial charge is 0.239 e. The number of rotatable bonds is 6. The molecule has 0 aliphatic heterocycles. The molecule has 0 saturated heterocycles. The molecule has 4 nitrogen and oxygen atoms in total. The van der Waals surface area contributed by atoms with Crippen LogP contribution in [0.5, 0.6) is 0 Å². The monoisotopic (exact) mass is 344 g/mol. The maximum absolute atomic E-state index is 12.3. The molecule has 0 heterocycles. The van der Waals surface area contributed by atoms with Gasteiger partial charge in [0.05, 0.1) is 10.7 Å². The van der Waals surface area contributed by atoms with Crippen molar-refractivity contribution in [2.45, 2.75) is 34.1 Å². The number of benzene rings is 1. The van der Waals surface area contributed by atoms with E-state index in [-0.39, 0.29) is 5.91 Å². The fourth-order valence-corrected chi connectivity index (χ4v) is 2.12. The molecular weight excluding hydrogens is 323 g/mol. The summed E-state index contributed by atoms with van der Waals surface area (Å²) in [6.07, 6.45) is 0.868. The summed E-state index contributed by atoms with van der Waals surface area (Å²) < 4.78 is 0. The van der Waals surface area contributed by atoms with Crippen LogP contribution < -0.4 is 10.6 Å². The number of halogens is 2. The zero-order chi connectivity index (χ0) is 16.9. The van der Waals surface area contributed by atoms with Gasteiger partial charge in [-0.1, -0.05) is 37.0 Å². The fraction of sp³-hybridized carbons (Fsp3) is 0.500. The van der Waals surface area contributed by atoms with Gasteiger partial charge in [0.25, 0.3) is 0 Å². The van der Waals surface area contributed by atoms with Gasteiger partial charge >= 0.3 is 0 Å². The second-order valence-electron chi connectivity index (χ2n) is 6.14. The molecule has 0 spiro atoms. The van der Waals surface area contributed by atoms with Gasteiger partial charge in [-0.25, -0.2) is 0 Å². The van der Waals surface area contributed by atoms with Gasteiger partial charge in [0.15, 0.2) is 0 Å². The lowest BCUT2D eigenvalue weighted by molar-refractivity contribution is -0.138. The van der Waals surface area contributed by atoms with E-state index >= 15 is 0 Å². The minimum atomic E-state index is -1.19. The zero-order valence-corrected chi connectivity index (χ0v) is 14.8. The summed E-state index contributed by atoms with van der Waals surface area (Å²) in [5.41, 5.74) is -0.765. The van der Waals surface area contributed by atoms with Gasteiger partial charge in [0, 0.05) is 11.6 Å². The van der Waals surface area contributed by atoms with E-state index in [1.807, 2.05) is 0 Å². The van der Waals surface area contributed by atoms with Crippen molar-refractivity contribution in [2.24, 2.45) is 11.3 Å². The third-order valence-electron chi connectivity index (χ3n) is 3.32. The summed E-state index contributed by atoms with van der Waals surface area (Å²) in [4.78, 5) is 24.5. The second kappa shape index (κ2) is 7.84. The first-order chi connectivity index (χ1) is 10.1. The molecule has 0 aliphatic carbocycles. The topological polar surface area (TPSA) is 58.2 Å². The highest BCUT2D eigenvalue weighted by Gasteiger charge is 2.36. The van der Waals surface area contributed by atoms with Gasteiger partial charge in [-0.3, -0.25) is 9.59 Å². The van der Waals surface area contributed by atoms with E-state index < -0.39 is 11.3 Å². The van der Waals surface area contributed by atoms with E-state index in [9.17, 15) is 9.59 Å². The molecule has 122 valence electrons. The summed E-state index contributed by atoms with van der Waals surface area (Å²) in [6, 6.07) is 4.77. The number of carbonyl (C=O) groups excluding carboxylic acids is 2. The molecule has 0 radical (unpaired) electrons. The molecule has 2 N–H and O–H groups in total. The lowest BCUT2D eigenvalue weighted by Gasteiger charge is -2.23. The Hall–Kier alpha value is -1.26. The number of carbonyl (C=O) groups is 2. The van der Waals surface area contributed by atoms with Crippen molar-refractivity contribution in [1.82, 2.24) is 5.32 Å². The van der Waals surface area contributed by atoms with Gasteiger partial charge in [0.1, 0.15) is 5.41 Å². The van der Waals surface area contributed by atoms with E-state index in [2.05, 4.69) is 24.5 Å². The molecule has 1 aromatic carbocycles. The standard InChI is InChI=1S/C16H22Cl2N2O2/c1-10(2)7-8-19-14(21)16(3,4)15(22)20-13-6-5-11(17)9-12(13)18/h5-6,9-10H,7-8H2,1-4H3,(H,19,21)(H,20,22). The van der Waals surface area contributed by atoms with E-state index in [1.165, 1.54) is 6.07 Å². The van der Waals surface area contributed by atoms with E-state index in [0.29, 0.717) is 28.2 Å². The van der Waals surface area contributed by atoms with Crippen LogP contribution in [-0.4, -0.2) is 18.4 Å². The Kier molecular flexibility index (Phi) is 6.69. The van der Waals surface area contributed by atoms with Crippen molar-refractivity contribution in [1.29, 1.82) is 0 Å². The molecule has 6 heteroatoms. The van der Waals surface area contributed by atoms with Crippen molar-refractivity contribution in [3.05, 3.63) is 28.2 Å². The van der Waals surface area contributed by atoms with Gasteiger partial charge in [-0.05, 0) is 44.4 Å². The summed E-state index contributed by atoms with van der Waals surface area (Å²) >= 11 is 11.8. The van der Waals surface area contributed by atoms with E-state index in [1.54, 1.807) is 26.0 Å². The lowest BCUT2D eigenvalue weighted by Crippen LogP contribution is -2.45. The maximum atomic E-state index is 12.3. The second-order valence-corrected chi connectivity index (χ2v) is 6.99. The van der Waals surface area contributed by atoms with Crippen LogP contribution in [0.3, 0.4) is 0 Å². The highest BCUT2D eigenvalue weighted by molar-refractivity contribution is 6.36. The van der Waals surface area contributed by atoms with Gasteiger partial charge in [-0.15, -0.1) is 0 Å². The molecule has 0 aromatic heterocycles. The van der Waals surface area contributed by atoms with Gasteiger partial charge in [0.2, 0.25) is 11.8 Å². The van der Waals surface area contributed by atoms with Gasteiger partial charge in [-0.2, -0.15) is 0 Å². The Morgan fingerprint density at radius 1 is 1.18 bits per heavy atom. The molecule has 0 unspecified atom stereocenters. The van der Waals surface area contributed by atoms with Crippen LogP contribution >= 0.6 is 23.2 Å². The predicted octanol–water partition coefficient (Wildman–Crippen LogP) is 4.12. The fourth-order valence-electron chi connectivity index (χ4n) is 1.67. The first-order valence-electron chi connectivity index (χ1n) is 7.19. The first-order valence-corrected chi connectivity index (χ1v) is 7.95. The lowest BCUT2D eigenvalue weighted by atomic mass is 9.90. The molecule has 0 fully saturated rings. The molecule has 0 atom stereocenters. The van der Waals surface area contributed by atoms with Crippen molar-refractivity contribution >= 4 is 40.7 Å². The van der Waals surface area contributed by atoms with Crippen molar-refractivity contribution in [2.75, 3.05) is 11.9 Å². The van der Waals surface area contributed by atoms with Crippen LogP contribution in [0.25, 0.3) is 0 Å². The number of amides is 2. The molecule has 1 rings (SSSR count). The average molecular weight is 345 g/mol. The Bertz CT molecular complexity index is 557. The number of anilines is 1. The van der Waals surface area contributed by atoms with Crippen LogP contribution in [-0.2, 0) is 9.59 Å². The third kappa shape index (κ3) is 5.18. The number of nitrogens with one attached hydrogen (secondary N) is 2. The molecular formula is C16H22Cl2N2O2. The molecule has 0 aliphatic rings. The van der Waals surface area contributed by atoms with Crippen molar-refractivity contribution in [3.63, 3.8) is 0 Å².